The molecule has 0 saturated carbocycles. The van der Waals surface area contributed by atoms with Crippen molar-refractivity contribution >= 4 is 38.5 Å². The molecule has 120 valence electrons. The van der Waals surface area contributed by atoms with E-state index in [2.05, 4.69) is 15.0 Å². The molecule has 0 fully saturated rings. The fourth-order valence-corrected chi connectivity index (χ4v) is 4.16. The molecule has 0 saturated heterocycles. The largest absolute Gasteiger partial charge is 0.351 e. The number of amides is 1. The summed E-state index contributed by atoms with van der Waals surface area (Å²) in [5.74, 6) is -0.194. The third-order valence-corrected chi connectivity index (χ3v) is 5.36. The van der Waals surface area contributed by atoms with Crippen LogP contribution in [-0.4, -0.2) is 25.9 Å². The Balaban J connectivity index is 1.77. The number of aryl methyl sites for hydroxylation is 1. The summed E-state index contributed by atoms with van der Waals surface area (Å²) in [4.78, 5) is 16.6. The summed E-state index contributed by atoms with van der Waals surface area (Å²) in [5.41, 5.74) is 1.43. The maximum atomic E-state index is 12.1. The number of rotatable bonds is 4. The van der Waals surface area contributed by atoms with Crippen molar-refractivity contribution < 1.29 is 13.2 Å². The first kappa shape index (κ1) is 15.7. The van der Waals surface area contributed by atoms with E-state index in [1.54, 1.807) is 0 Å². The molecule has 3 rings (SSSR count). The summed E-state index contributed by atoms with van der Waals surface area (Å²) < 4.78 is 26.6. The highest BCUT2D eigenvalue weighted by atomic mass is 32.2. The molecular formula is C15H15N3O3S2. The molecule has 1 aromatic heterocycles. The zero-order valence-corrected chi connectivity index (χ0v) is 13.8. The molecule has 23 heavy (non-hydrogen) atoms. The van der Waals surface area contributed by atoms with Crippen LogP contribution in [0, 0.1) is 0 Å². The molecule has 1 aromatic carbocycles. The van der Waals surface area contributed by atoms with Crippen LogP contribution in [0.25, 0.3) is 6.08 Å². The van der Waals surface area contributed by atoms with Gasteiger partial charge in [0, 0.05) is 6.54 Å². The van der Waals surface area contributed by atoms with Gasteiger partial charge in [0.1, 0.15) is 4.88 Å². The molecule has 0 spiro atoms. The summed E-state index contributed by atoms with van der Waals surface area (Å²) in [5, 5.41) is 4.07. The van der Waals surface area contributed by atoms with Crippen LogP contribution in [0.2, 0.25) is 0 Å². The Labute approximate surface area is 138 Å². The van der Waals surface area contributed by atoms with E-state index in [9.17, 15) is 13.2 Å². The van der Waals surface area contributed by atoms with Gasteiger partial charge in [0.15, 0.2) is 5.13 Å². The Morgan fingerprint density at radius 3 is 2.83 bits per heavy atom. The van der Waals surface area contributed by atoms with Gasteiger partial charge in [-0.25, -0.2) is 13.4 Å². The first-order valence-corrected chi connectivity index (χ1v) is 9.44. The molecule has 0 unspecified atom stereocenters. The van der Waals surface area contributed by atoms with Gasteiger partial charge in [0.2, 0.25) is 0 Å². The van der Waals surface area contributed by atoms with Gasteiger partial charge in [-0.15, -0.1) is 0 Å². The predicted molar refractivity (Wildman–Crippen MR) is 90.8 cm³/mol. The van der Waals surface area contributed by atoms with Crippen molar-refractivity contribution in [1.82, 2.24) is 10.3 Å². The normalized spacial score (nSPS) is 15.0. The number of aromatic nitrogens is 1. The smallest absolute Gasteiger partial charge is 0.263 e. The third kappa shape index (κ3) is 3.96. The molecular weight excluding hydrogens is 334 g/mol. The van der Waals surface area contributed by atoms with Crippen molar-refractivity contribution in [3.8, 4) is 0 Å². The average molecular weight is 349 g/mol. The van der Waals surface area contributed by atoms with Crippen molar-refractivity contribution in [2.45, 2.75) is 12.8 Å². The first-order valence-electron chi connectivity index (χ1n) is 7.07. The maximum Gasteiger partial charge on any atom is 0.263 e. The van der Waals surface area contributed by atoms with Gasteiger partial charge in [-0.2, -0.15) is 0 Å². The van der Waals surface area contributed by atoms with Crippen molar-refractivity contribution in [3.05, 3.63) is 51.9 Å². The van der Waals surface area contributed by atoms with Crippen LogP contribution in [0.3, 0.4) is 0 Å². The third-order valence-electron chi connectivity index (χ3n) is 3.25. The van der Waals surface area contributed by atoms with Crippen molar-refractivity contribution in [2.75, 3.05) is 11.3 Å². The molecule has 2 heterocycles. The lowest BCUT2D eigenvalue weighted by Crippen LogP contribution is -2.21. The van der Waals surface area contributed by atoms with Crippen LogP contribution < -0.4 is 10.0 Å². The van der Waals surface area contributed by atoms with Gasteiger partial charge in [0.05, 0.1) is 11.1 Å². The van der Waals surface area contributed by atoms with E-state index in [1.165, 1.54) is 6.08 Å². The van der Waals surface area contributed by atoms with E-state index in [-0.39, 0.29) is 11.0 Å². The molecule has 0 atom stereocenters. The molecule has 0 radical (unpaired) electrons. The second-order valence-corrected chi connectivity index (χ2v) is 7.58. The number of benzene rings is 1. The lowest BCUT2D eigenvalue weighted by molar-refractivity contribution is 0.0960. The summed E-state index contributed by atoms with van der Waals surface area (Å²) in [7, 11) is -3.67. The van der Waals surface area contributed by atoms with Gasteiger partial charge in [-0.3, -0.25) is 9.52 Å². The van der Waals surface area contributed by atoms with E-state index in [0.29, 0.717) is 23.5 Å². The van der Waals surface area contributed by atoms with Crippen molar-refractivity contribution in [3.63, 3.8) is 0 Å². The first-order chi connectivity index (χ1) is 11.0. The minimum Gasteiger partial charge on any atom is -0.351 e. The second kappa shape index (κ2) is 6.51. The lowest BCUT2D eigenvalue weighted by atomic mass is 10.2. The highest BCUT2D eigenvalue weighted by Gasteiger charge is 2.21. The Hall–Kier alpha value is -2.19. The Kier molecular flexibility index (Phi) is 4.44. The zero-order chi connectivity index (χ0) is 16.3. The van der Waals surface area contributed by atoms with Gasteiger partial charge >= 0.3 is 0 Å². The number of hydrogen-bond donors (Lipinski definition) is 2. The van der Waals surface area contributed by atoms with Crippen LogP contribution in [0.4, 0.5) is 5.13 Å². The van der Waals surface area contributed by atoms with Gasteiger partial charge < -0.3 is 5.32 Å². The predicted octanol–water partition coefficient (Wildman–Crippen LogP) is 2.23. The van der Waals surface area contributed by atoms with E-state index in [4.69, 9.17) is 0 Å². The Bertz CT molecular complexity index is 842. The van der Waals surface area contributed by atoms with Crippen LogP contribution in [-0.2, 0) is 16.4 Å². The standard InChI is InChI=1S/C15H15N3O3S2/c19-14-13-12(7-4-9-16-14)17-15(22-13)18-23(20,21)10-8-11-5-2-1-3-6-11/h1-3,5-6,8,10H,4,7,9H2,(H,16,19)(H,17,18)/b10-8+. The number of nitrogens with one attached hydrogen (secondary N) is 2. The van der Waals surface area contributed by atoms with Crippen LogP contribution >= 0.6 is 11.3 Å². The fraction of sp³-hybridized carbons (Fsp3) is 0.200. The minimum absolute atomic E-state index is 0.194. The van der Waals surface area contributed by atoms with Gasteiger partial charge in [-0.05, 0) is 24.5 Å². The fourth-order valence-electron chi connectivity index (χ4n) is 2.17. The summed E-state index contributed by atoms with van der Waals surface area (Å²) in [6.45, 7) is 0.614. The number of hydrogen-bond acceptors (Lipinski definition) is 5. The molecule has 0 aliphatic carbocycles. The topological polar surface area (TPSA) is 88.2 Å². The van der Waals surface area contributed by atoms with Gasteiger partial charge in [0.25, 0.3) is 15.9 Å². The quantitative estimate of drug-likeness (QED) is 0.886. The number of fused-ring (bicyclic) bond motifs is 1. The molecule has 2 N–H and O–H groups in total. The molecule has 2 aromatic rings. The average Bonchev–Trinajstić information content (AvgIpc) is 2.84. The molecule has 8 heteroatoms. The van der Waals surface area contributed by atoms with E-state index >= 15 is 0 Å². The number of nitrogens with zero attached hydrogens (tertiary/aromatic N) is 1. The van der Waals surface area contributed by atoms with E-state index < -0.39 is 10.0 Å². The van der Waals surface area contributed by atoms with Gasteiger partial charge in [-0.1, -0.05) is 41.7 Å². The molecule has 0 bridgehead atoms. The van der Waals surface area contributed by atoms with Crippen molar-refractivity contribution in [1.29, 1.82) is 0 Å². The van der Waals surface area contributed by atoms with Crippen LogP contribution in [0.5, 0.6) is 0 Å². The van der Waals surface area contributed by atoms with Crippen molar-refractivity contribution in [2.24, 2.45) is 0 Å². The maximum absolute atomic E-state index is 12.1. The molecule has 1 aliphatic heterocycles. The van der Waals surface area contributed by atoms with Crippen LogP contribution in [0.1, 0.15) is 27.3 Å². The number of carbonyl (C=O) groups is 1. The lowest BCUT2D eigenvalue weighted by Gasteiger charge is -2.00. The number of anilines is 1. The Morgan fingerprint density at radius 2 is 2.04 bits per heavy atom. The monoisotopic (exact) mass is 349 g/mol. The number of thiazole rings is 1. The SMILES string of the molecule is O=C1NCCCc2nc(NS(=O)(=O)/C=C/c3ccccc3)sc21. The summed E-state index contributed by atoms with van der Waals surface area (Å²) in [6, 6.07) is 9.13. The second-order valence-electron chi connectivity index (χ2n) is 5.01. The molecule has 1 aliphatic rings. The summed E-state index contributed by atoms with van der Waals surface area (Å²) >= 11 is 1.06. The zero-order valence-electron chi connectivity index (χ0n) is 12.2. The van der Waals surface area contributed by atoms with Crippen LogP contribution in [0.15, 0.2) is 35.7 Å². The van der Waals surface area contributed by atoms with E-state index in [1.807, 2.05) is 30.3 Å². The minimum atomic E-state index is -3.67. The highest BCUT2D eigenvalue weighted by Crippen LogP contribution is 2.26. The Morgan fingerprint density at radius 1 is 1.26 bits per heavy atom. The molecule has 6 nitrogen and oxygen atoms in total. The number of carbonyl (C=O) groups excluding carboxylic acids is 1. The highest BCUT2D eigenvalue weighted by molar-refractivity contribution is 7.95. The number of sulfonamides is 1. The van der Waals surface area contributed by atoms with E-state index in [0.717, 1.165) is 28.7 Å². The summed E-state index contributed by atoms with van der Waals surface area (Å²) in [6.07, 6.45) is 2.96. The molecule has 1 amide bonds.